The van der Waals surface area contributed by atoms with Crippen molar-refractivity contribution in [3.8, 4) is 0 Å². The number of thiophene rings is 1. The van der Waals surface area contributed by atoms with Crippen LogP contribution in [0.2, 0.25) is 0 Å². The van der Waals surface area contributed by atoms with Crippen LogP contribution in [0.5, 0.6) is 0 Å². The Balaban J connectivity index is 2.04. The predicted molar refractivity (Wildman–Crippen MR) is 98.4 cm³/mol. The Morgan fingerprint density at radius 3 is 2.59 bits per heavy atom. The second-order valence-corrected chi connectivity index (χ2v) is 8.94. The van der Waals surface area contributed by atoms with E-state index in [9.17, 15) is 22.4 Å². The van der Waals surface area contributed by atoms with Gasteiger partial charge in [0.05, 0.1) is 16.5 Å². The number of nitrogens with one attached hydrogen (secondary N) is 1. The summed E-state index contributed by atoms with van der Waals surface area (Å²) in [6.45, 7) is 1.17. The van der Waals surface area contributed by atoms with Crippen LogP contribution in [0.25, 0.3) is 0 Å². The van der Waals surface area contributed by atoms with E-state index in [1.54, 1.807) is 6.92 Å². The number of rotatable bonds is 7. The number of esters is 1. The first-order valence-corrected chi connectivity index (χ1v) is 10.2. The molecule has 2 rings (SSSR count). The number of nitrogens with zero attached hydrogens (tertiary/aromatic N) is 1. The summed E-state index contributed by atoms with van der Waals surface area (Å²) in [6.07, 6.45) is 0. The number of ether oxygens (including phenoxy) is 1. The van der Waals surface area contributed by atoms with Crippen LogP contribution in [-0.2, 0) is 19.6 Å². The Morgan fingerprint density at radius 2 is 2.00 bits per heavy atom. The molecular formula is C17H19FN2O5S2. The number of hydrogen-bond acceptors (Lipinski definition) is 6. The summed E-state index contributed by atoms with van der Waals surface area (Å²) in [6, 6.07) is 6.25. The summed E-state index contributed by atoms with van der Waals surface area (Å²) >= 11 is 1.47. The van der Waals surface area contributed by atoms with Crippen LogP contribution >= 0.6 is 11.3 Å². The van der Waals surface area contributed by atoms with Gasteiger partial charge in [0, 0.05) is 19.0 Å². The minimum atomic E-state index is -3.84. The highest BCUT2D eigenvalue weighted by Gasteiger charge is 2.22. The van der Waals surface area contributed by atoms with E-state index in [0.29, 0.717) is 0 Å². The number of halogens is 1. The first-order chi connectivity index (χ1) is 12.6. The van der Waals surface area contributed by atoms with Crippen molar-refractivity contribution in [2.75, 3.05) is 20.7 Å². The third-order valence-electron chi connectivity index (χ3n) is 3.62. The summed E-state index contributed by atoms with van der Waals surface area (Å²) < 4.78 is 43.9. The molecule has 1 heterocycles. The number of carbonyl (C=O) groups excluding carboxylic acids is 2. The normalized spacial score (nSPS) is 12.6. The molecule has 146 valence electrons. The van der Waals surface area contributed by atoms with Crippen molar-refractivity contribution in [3.05, 3.63) is 52.0 Å². The van der Waals surface area contributed by atoms with E-state index >= 15 is 0 Å². The van der Waals surface area contributed by atoms with Gasteiger partial charge in [0.1, 0.15) is 5.82 Å². The number of sulfonamides is 1. The van der Waals surface area contributed by atoms with Crippen LogP contribution in [0, 0.1) is 5.82 Å². The first-order valence-electron chi connectivity index (χ1n) is 7.85. The maximum atomic E-state index is 13.9. The average Bonchev–Trinajstić information content (AvgIpc) is 3.14. The maximum Gasteiger partial charge on any atom is 0.341 e. The molecule has 0 bridgehead atoms. The van der Waals surface area contributed by atoms with Crippen LogP contribution in [0.15, 0.2) is 40.6 Å². The highest BCUT2D eigenvalue weighted by molar-refractivity contribution is 7.89. The molecule has 0 saturated heterocycles. The lowest BCUT2D eigenvalue weighted by molar-refractivity contribution is -0.124. The van der Waals surface area contributed by atoms with Crippen LogP contribution in [-0.4, -0.2) is 45.3 Å². The van der Waals surface area contributed by atoms with Gasteiger partial charge in [0.2, 0.25) is 10.0 Å². The molecule has 27 heavy (non-hydrogen) atoms. The van der Waals surface area contributed by atoms with Gasteiger partial charge < -0.3 is 10.1 Å². The molecule has 0 saturated carbocycles. The van der Waals surface area contributed by atoms with Gasteiger partial charge >= 0.3 is 5.97 Å². The van der Waals surface area contributed by atoms with E-state index in [1.807, 2.05) is 17.5 Å². The van der Waals surface area contributed by atoms with Crippen molar-refractivity contribution in [3.63, 3.8) is 0 Å². The van der Waals surface area contributed by atoms with Gasteiger partial charge in [-0.15, -0.1) is 11.3 Å². The molecule has 0 aliphatic carbocycles. The quantitative estimate of drug-likeness (QED) is 0.701. The fourth-order valence-corrected chi connectivity index (χ4v) is 3.80. The van der Waals surface area contributed by atoms with Crippen LogP contribution in [0.3, 0.4) is 0 Å². The SMILES string of the molecule is C[C@@H](NC(=O)COC(=O)c1cc(S(=O)(=O)N(C)C)ccc1F)c1cccs1. The summed E-state index contributed by atoms with van der Waals surface area (Å²) in [5, 5.41) is 4.52. The topological polar surface area (TPSA) is 92.8 Å². The summed E-state index contributed by atoms with van der Waals surface area (Å²) in [5.41, 5.74) is -0.558. The maximum absolute atomic E-state index is 13.9. The second kappa shape index (κ2) is 8.59. The molecule has 0 spiro atoms. The standard InChI is InChI=1S/C17H19FN2O5S2/c1-11(15-5-4-8-26-15)19-16(21)10-25-17(22)13-9-12(6-7-14(13)18)27(23,24)20(2)3/h4-9,11H,10H2,1-3H3,(H,19,21)/t11-/m1/s1. The zero-order valence-corrected chi connectivity index (χ0v) is 16.6. The molecule has 1 N–H and O–H groups in total. The fraction of sp³-hybridized carbons (Fsp3) is 0.294. The van der Waals surface area contributed by atoms with Gasteiger partial charge in [-0.2, -0.15) is 0 Å². The molecule has 0 fully saturated rings. The van der Waals surface area contributed by atoms with Gasteiger partial charge in [-0.1, -0.05) is 6.07 Å². The summed E-state index contributed by atoms with van der Waals surface area (Å²) in [5.74, 6) is -2.62. The third-order valence-corrected chi connectivity index (χ3v) is 6.48. The molecular weight excluding hydrogens is 395 g/mol. The monoisotopic (exact) mass is 414 g/mol. The minimum Gasteiger partial charge on any atom is -0.452 e. The molecule has 1 aromatic heterocycles. The molecule has 1 amide bonds. The van der Waals surface area contributed by atoms with Crippen molar-refractivity contribution in [1.29, 1.82) is 0 Å². The largest absolute Gasteiger partial charge is 0.452 e. The predicted octanol–water partition coefficient (Wildman–Crippen LogP) is 2.17. The molecule has 0 aliphatic heterocycles. The minimum absolute atomic E-state index is 0.253. The van der Waals surface area contributed by atoms with Crippen molar-refractivity contribution >= 4 is 33.2 Å². The molecule has 10 heteroatoms. The smallest absolute Gasteiger partial charge is 0.341 e. The van der Waals surface area contributed by atoms with Crippen molar-refractivity contribution in [2.24, 2.45) is 0 Å². The highest BCUT2D eigenvalue weighted by atomic mass is 32.2. The Hall–Kier alpha value is -2.30. The van der Waals surface area contributed by atoms with Crippen molar-refractivity contribution in [2.45, 2.75) is 17.9 Å². The van der Waals surface area contributed by atoms with E-state index in [2.05, 4.69) is 5.32 Å². The van der Waals surface area contributed by atoms with E-state index in [-0.39, 0.29) is 10.9 Å². The average molecular weight is 414 g/mol. The highest BCUT2D eigenvalue weighted by Crippen LogP contribution is 2.19. The van der Waals surface area contributed by atoms with E-state index in [4.69, 9.17) is 4.74 Å². The van der Waals surface area contributed by atoms with Gasteiger partial charge in [0.25, 0.3) is 5.91 Å². The van der Waals surface area contributed by atoms with Gasteiger partial charge in [-0.05, 0) is 36.6 Å². The van der Waals surface area contributed by atoms with Crippen LogP contribution in [0.1, 0.15) is 28.2 Å². The lowest BCUT2D eigenvalue weighted by Crippen LogP contribution is -2.31. The number of benzene rings is 1. The molecule has 7 nitrogen and oxygen atoms in total. The summed E-state index contributed by atoms with van der Waals surface area (Å²) in [7, 11) is -1.21. The van der Waals surface area contributed by atoms with Crippen LogP contribution in [0.4, 0.5) is 4.39 Å². The zero-order valence-electron chi connectivity index (χ0n) is 14.9. The Morgan fingerprint density at radius 1 is 1.30 bits per heavy atom. The summed E-state index contributed by atoms with van der Waals surface area (Å²) in [4.78, 5) is 24.7. The van der Waals surface area contributed by atoms with Crippen LogP contribution < -0.4 is 5.32 Å². The van der Waals surface area contributed by atoms with E-state index in [0.717, 1.165) is 27.4 Å². The van der Waals surface area contributed by atoms with Crippen molar-refractivity contribution < 1.29 is 27.1 Å². The molecule has 0 unspecified atom stereocenters. The Bertz CT molecular complexity index is 927. The molecule has 1 aromatic carbocycles. The van der Waals surface area contributed by atoms with Crippen molar-refractivity contribution in [1.82, 2.24) is 9.62 Å². The molecule has 0 radical (unpaired) electrons. The van der Waals surface area contributed by atoms with Gasteiger partial charge in [0.15, 0.2) is 6.61 Å². The number of hydrogen-bond donors (Lipinski definition) is 1. The fourth-order valence-electron chi connectivity index (χ4n) is 2.13. The lowest BCUT2D eigenvalue weighted by Gasteiger charge is -2.14. The zero-order chi connectivity index (χ0) is 20.2. The van der Waals surface area contributed by atoms with Gasteiger partial charge in [-0.3, -0.25) is 4.79 Å². The molecule has 1 atom stereocenters. The number of carbonyl (C=O) groups is 2. The van der Waals surface area contributed by atoms with E-state index in [1.165, 1.54) is 25.4 Å². The number of amides is 1. The van der Waals surface area contributed by atoms with Gasteiger partial charge in [-0.25, -0.2) is 21.9 Å². The Labute approximate surface area is 160 Å². The third kappa shape index (κ3) is 5.12. The lowest BCUT2D eigenvalue weighted by atomic mass is 10.2. The second-order valence-electron chi connectivity index (χ2n) is 5.81. The molecule has 0 aliphatic rings. The first kappa shape index (κ1) is 21.0. The van der Waals surface area contributed by atoms with E-state index < -0.39 is 39.9 Å². The Kier molecular flexibility index (Phi) is 6.68. The molecule has 2 aromatic rings.